The number of halogens is 2. The summed E-state index contributed by atoms with van der Waals surface area (Å²) < 4.78 is 0.772. The third-order valence-corrected chi connectivity index (χ3v) is 4.78. The molecule has 5 heteroatoms. The Hall–Kier alpha value is -0.580. The first-order valence-electron chi connectivity index (χ1n) is 7.52. The van der Waals surface area contributed by atoms with Gasteiger partial charge in [0.05, 0.1) is 5.56 Å². The molecule has 1 unspecified atom stereocenters. The second-order valence-corrected chi connectivity index (χ2v) is 7.07. The Balaban J connectivity index is 1.73. The maximum absolute atomic E-state index is 12.1. The van der Waals surface area contributed by atoms with Crippen molar-refractivity contribution < 1.29 is 4.79 Å². The lowest BCUT2D eigenvalue weighted by molar-refractivity contribution is 0.0949. The molecule has 0 radical (unpaired) electrons. The van der Waals surface area contributed by atoms with Gasteiger partial charge in [0, 0.05) is 22.6 Å². The number of nitrogens with one attached hydrogen (secondary N) is 1. The first kappa shape index (κ1) is 16.8. The molecule has 1 saturated heterocycles. The standard InChI is InChI=1S/C16H22BrClN2O/c1-12-4-2-8-20(11-12)9-3-7-19-16(21)14-10-13(18)5-6-15(14)17/h5-6,10,12H,2-4,7-9,11H2,1H3,(H,19,21). The summed E-state index contributed by atoms with van der Waals surface area (Å²) in [6.07, 6.45) is 3.62. The van der Waals surface area contributed by atoms with Gasteiger partial charge in [-0.3, -0.25) is 4.79 Å². The third kappa shape index (κ3) is 5.28. The van der Waals surface area contributed by atoms with E-state index in [0.717, 1.165) is 23.4 Å². The molecule has 3 nitrogen and oxygen atoms in total. The summed E-state index contributed by atoms with van der Waals surface area (Å²) in [6, 6.07) is 5.25. The van der Waals surface area contributed by atoms with E-state index in [-0.39, 0.29) is 5.91 Å². The minimum Gasteiger partial charge on any atom is -0.352 e. The topological polar surface area (TPSA) is 32.3 Å². The molecule has 21 heavy (non-hydrogen) atoms. The van der Waals surface area contributed by atoms with Crippen molar-refractivity contribution in [1.29, 1.82) is 0 Å². The highest BCUT2D eigenvalue weighted by Crippen LogP contribution is 2.21. The number of amides is 1. The van der Waals surface area contributed by atoms with Crippen LogP contribution in [0.25, 0.3) is 0 Å². The minimum absolute atomic E-state index is 0.0728. The van der Waals surface area contributed by atoms with E-state index in [2.05, 4.69) is 33.1 Å². The van der Waals surface area contributed by atoms with E-state index < -0.39 is 0 Å². The van der Waals surface area contributed by atoms with Crippen LogP contribution in [0.1, 0.15) is 36.5 Å². The molecule has 2 rings (SSSR count). The molecule has 0 saturated carbocycles. The molecule has 0 aliphatic carbocycles. The zero-order valence-electron chi connectivity index (χ0n) is 12.4. The Labute approximate surface area is 140 Å². The maximum atomic E-state index is 12.1. The number of hydrogen-bond acceptors (Lipinski definition) is 2. The van der Waals surface area contributed by atoms with Crippen LogP contribution in [0.15, 0.2) is 22.7 Å². The lowest BCUT2D eigenvalue weighted by Gasteiger charge is -2.30. The van der Waals surface area contributed by atoms with Gasteiger partial charge in [0.2, 0.25) is 0 Å². The fourth-order valence-electron chi connectivity index (χ4n) is 2.76. The SMILES string of the molecule is CC1CCCN(CCCNC(=O)c2cc(Cl)ccc2Br)C1. The molecule has 0 spiro atoms. The number of piperidine rings is 1. The molecule has 116 valence electrons. The van der Waals surface area contributed by atoms with Gasteiger partial charge in [-0.25, -0.2) is 0 Å². The van der Waals surface area contributed by atoms with Crippen LogP contribution in [0, 0.1) is 5.92 Å². The first-order valence-corrected chi connectivity index (χ1v) is 8.69. The quantitative estimate of drug-likeness (QED) is 0.793. The monoisotopic (exact) mass is 372 g/mol. The zero-order chi connectivity index (χ0) is 15.2. The third-order valence-electron chi connectivity index (χ3n) is 3.85. The maximum Gasteiger partial charge on any atom is 0.252 e. The van der Waals surface area contributed by atoms with Crippen LogP contribution < -0.4 is 5.32 Å². The van der Waals surface area contributed by atoms with Crippen molar-refractivity contribution in [1.82, 2.24) is 10.2 Å². The van der Waals surface area contributed by atoms with Crippen molar-refractivity contribution in [2.24, 2.45) is 5.92 Å². The van der Waals surface area contributed by atoms with Crippen molar-refractivity contribution in [3.05, 3.63) is 33.3 Å². The zero-order valence-corrected chi connectivity index (χ0v) is 14.7. The lowest BCUT2D eigenvalue weighted by atomic mass is 10.0. The summed E-state index contributed by atoms with van der Waals surface area (Å²) in [7, 11) is 0. The number of nitrogens with zero attached hydrogens (tertiary/aromatic N) is 1. The van der Waals surface area contributed by atoms with Crippen LogP contribution in [0.3, 0.4) is 0 Å². The normalized spacial score (nSPS) is 19.5. The van der Waals surface area contributed by atoms with Gasteiger partial charge in [-0.05, 0) is 72.4 Å². The van der Waals surface area contributed by atoms with E-state index in [9.17, 15) is 4.79 Å². The molecule has 1 aromatic rings. The van der Waals surface area contributed by atoms with E-state index in [1.54, 1.807) is 18.2 Å². The molecule has 1 aliphatic rings. The smallest absolute Gasteiger partial charge is 0.252 e. The van der Waals surface area contributed by atoms with Gasteiger partial charge in [-0.1, -0.05) is 18.5 Å². The summed E-state index contributed by atoms with van der Waals surface area (Å²) in [5, 5.41) is 3.54. The van der Waals surface area contributed by atoms with Crippen LogP contribution in [0.4, 0.5) is 0 Å². The van der Waals surface area contributed by atoms with Crippen molar-refractivity contribution in [3.63, 3.8) is 0 Å². The average molecular weight is 374 g/mol. The number of benzene rings is 1. The van der Waals surface area contributed by atoms with Crippen molar-refractivity contribution in [2.75, 3.05) is 26.2 Å². The minimum atomic E-state index is -0.0728. The summed E-state index contributed by atoms with van der Waals surface area (Å²) >= 11 is 9.31. The Bertz CT molecular complexity index is 495. The number of rotatable bonds is 5. The number of likely N-dealkylation sites (tertiary alicyclic amines) is 1. The molecule has 1 aliphatic heterocycles. The van der Waals surface area contributed by atoms with Crippen molar-refractivity contribution >= 4 is 33.4 Å². The Morgan fingerprint density at radius 1 is 1.52 bits per heavy atom. The second kappa shape index (κ2) is 8.16. The Morgan fingerprint density at radius 2 is 2.33 bits per heavy atom. The highest BCUT2D eigenvalue weighted by molar-refractivity contribution is 9.10. The Morgan fingerprint density at radius 3 is 3.10 bits per heavy atom. The predicted octanol–water partition coefficient (Wildman–Crippen LogP) is 3.95. The summed E-state index contributed by atoms with van der Waals surface area (Å²) in [6.45, 7) is 6.44. The summed E-state index contributed by atoms with van der Waals surface area (Å²) in [5.74, 6) is 0.729. The Kier molecular flexibility index (Phi) is 6.52. The first-order chi connectivity index (χ1) is 10.1. The van der Waals surface area contributed by atoms with E-state index in [4.69, 9.17) is 11.6 Å². The van der Waals surface area contributed by atoms with Crippen molar-refractivity contribution in [2.45, 2.75) is 26.2 Å². The highest BCUT2D eigenvalue weighted by Gasteiger charge is 2.15. The highest BCUT2D eigenvalue weighted by atomic mass is 79.9. The second-order valence-electron chi connectivity index (χ2n) is 5.78. The van der Waals surface area contributed by atoms with Gasteiger partial charge in [0.1, 0.15) is 0 Å². The van der Waals surface area contributed by atoms with Crippen molar-refractivity contribution in [3.8, 4) is 0 Å². The predicted molar refractivity (Wildman–Crippen MR) is 90.9 cm³/mol. The molecule has 1 atom stereocenters. The van der Waals surface area contributed by atoms with Gasteiger partial charge >= 0.3 is 0 Å². The van der Waals surface area contributed by atoms with Crippen LogP contribution in [0.2, 0.25) is 5.02 Å². The summed E-state index contributed by atoms with van der Waals surface area (Å²) in [5.41, 5.74) is 0.592. The largest absolute Gasteiger partial charge is 0.352 e. The molecule has 1 fully saturated rings. The van der Waals surface area contributed by atoms with E-state index >= 15 is 0 Å². The van der Waals surface area contributed by atoms with Gasteiger partial charge in [0.15, 0.2) is 0 Å². The summed E-state index contributed by atoms with van der Waals surface area (Å²) in [4.78, 5) is 14.6. The average Bonchev–Trinajstić information content (AvgIpc) is 2.46. The molecular weight excluding hydrogens is 352 g/mol. The fourth-order valence-corrected chi connectivity index (χ4v) is 3.36. The lowest BCUT2D eigenvalue weighted by Crippen LogP contribution is -2.36. The molecule has 1 heterocycles. The number of carbonyl (C=O) groups excluding carboxylic acids is 1. The van der Waals surface area contributed by atoms with E-state index in [0.29, 0.717) is 17.1 Å². The molecule has 0 bridgehead atoms. The van der Waals surface area contributed by atoms with Gasteiger partial charge in [-0.15, -0.1) is 0 Å². The van der Waals surface area contributed by atoms with Gasteiger partial charge in [0.25, 0.3) is 5.91 Å². The van der Waals surface area contributed by atoms with E-state index in [1.165, 1.54) is 25.9 Å². The molecular formula is C16H22BrClN2O. The molecule has 1 aromatic carbocycles. The van der Waals surface area contributed by atoms with Gasteiger partial charge < -0.3 is 10.2 Å². The van der Waals surface area contributed by atoms with E-state index in [1.807, 2.05) is 0 Å². The van der Waals surface area contributed by atoms with Crippen LogP contribution >= 0.6 is 27.5 Å². The fraction of sp³-hybridized carbons (Fsp3) is 0.562. The molecule has 1 N–H and O–H groups in total. The number of hydrogen-bond donors (Lipinski definition) is 1. The van der Waals surface area contributed by atoms with Crippen LogP contribution in [0.5, 0.6) is 0 Å². The van der Waals surface area contributed by atoms with Crippen LogP contribution in [-0.4, -0.2) is 37.0 Å². The van der Waals surface area contributed by atoms with Gasteiger partial charge in [-0.2, -0.15) is 0 Å². The van der Waals surface area contributed by atoms with Crippen LogP contribution in [-0.2, 0) is 0 Å². The molecule has 1 amide bonds. The number of carbonyl (C=O) groups is 1. The molecule has 0 aromatic heterocycles.